The third-order valence-corrected chi connectivity index (χ3v) is 3.80. The zero-order valence-corrected chi connectivity index (χ0v) is 13.6. The van der Waals surface area contributed by atoms with Gasteiger partial charge in [-0.25, -0.2) is 4.98 Å². The number of pyridine rings is 1. The molecule has 0 saturated carbocycles. The van der Waals surface area contributed by atoms with Crippen LogP contribution in [0.3, 0.4) is 0 Å². The highest BCUT2D eigenvalue weighted by molar-refractivity contribution is 6.43. The highest BCUT2D eigenvalue weighted by Gasteiger charge is 2.18. The number of benzene rings is 1. The Morgan fingerprint density at radius 3 is 2.48 bits per heavy atom. The van der Waals surface area contributed by atoms with E-state index in [4.69, 9.17) is 0 Å². The fourth-order valence-corrected chi connectivity index (χ4v) is 2.22. The molecule has 0 bridgehead atoms. The van der Waals surface area contributed by atoms with Crippen molar-refractivity contribution in [2.24, 2.45) is 0 Å². The van der Waals surface area contributed by atoms with Gasteiger partial charge in [-0.1, -0.05) is 38.1 Å². The summed E-state index contributed by atoms with van der Waals surface area (Å²) in [6.45, 7) is 5.99. The van der Waals surface area contributed by atoms with Gasteiger partial charge < -0.3 is 10.6 Å². The van der Waals surface area contributed by atoms with E-state index < -0.39 is 11.8 Å². The molecule has 2 aromatic rings. The molecule has 0 aliphatic heterocycles. The van der Waals surface area contributed by atoms with Crippen molar-refractivity contribution in [1.29, 1.82) is 0 Å². The number of nitrogens with one attached hydrogen (secondary N) is 2. The quantitative estimate of drug-likeness (QED) is 0.849. The van der Waals surface area contributed by atoms with Crippen molar-refractivity contribution in [1.82, 2.24) is 4.98 Å². The summed E-state index contributed by atoms with van der Waals surface area (Å²) in [5.74, 6) is -0.744. The monoisotopic (exact) mass is 311 g/mol. The lowest BCUT2D eigenvalue weighted by molar-refractivity contribution is -0.133. The first-order valence-corrected chi connectivity index (χ1v) is 7.65. The molecule has 23 heavy (non-hydrogen) atoms. The van der Waals surface area contributed by atoms with Crippen LogP contribution < -0.4 is 10.6 Å². The van der Waals surface area contributed by atoms with E-state index >= 15 is 0 Å². The van der Waals surface area contributed by atoms with Gasteiger partial charge in [0, 0.05) is 11.9 Å². The molecule has 120 valence electrons. The zero-order chi connectivity index (χ0) is 16.8. The van der Waals surface area contributed by atoms with Gasteiger partial charge in [0.1, 0.15) is 5.82 Å². The maximum atomic E-state index is 12.1. The first kappa shape index (κ1) is 16.7. The average molecular weight is 311 g/mol. The van der Waals surface area contributed by atoms with Crippen LogP contribution in [0, 0.1) is 6.92 Å². The Hall–Kier alpha value is -2.69. The minimum absolute atomic E-state index is 0.299. The van der Waals surface area contributed by atoms with Crippen LogP contribution in [-0.4, -0.2) is 16.8 Å². The van der Waals surface area contributed by atoms with Crippen LogP contribution in [0.1, 0.15) is 37.3 Å². The van der Waals surface area contributed by atoms with E-state index in [1.165, 1.54) is 0 Å². The van der Waals surface area contributed by atoms with Crippen LogP contribution in [0.2, 0.25) is 0 Å². The summed E-state index contributed by atoms with van der Waals surface area (Å²) in [7, 11) is 0. The molecule has 0 radical (unpaired) electrons. The molecule has 2 amide bonds. The third kappa shape index (κ3) is 4.16. The number of carbonyl (C=O) groups excluding carboxylic acids is 2. The molecule has 5 nitrogen and oxygen atoms in total. The van der Waals surface area contributed by atoms with E-state index in [0.29, 0.717) is 17.4 Å². The van der Waals surface area contributed by atoms with Gasteiger partial charge in [0.15, 0.2) is 0 Å². The van der Waals surface area contributed by atoms with Gasteiger partial charge in [-0.2, -0.15) is 0 Å². The highest BCUT2D eigenvalue weighted by atomic mass is 16.2. The van der Waals surface area contributed by atoms with Gasteiger partial charge in [-0.3, -0.25) is 9.59 Å². The Morgan fingerprint density at radius 1 is 1.09 bits per heavy atom. The normalized spacial score (nSPS) is 11.6. The maximum absolute atomic E-state index is 12.1. The van der Waals surface area contributed by atoms with Crippen molar-refractivity contribution in [2.75, 3.05) is 10.6 Å². The number of aromatic nitrogens is 1. The molecule has 0 fully saturated rings. The van der Waals surface area contributed by atoms with Crippen molar-refractivity contribution in [3.8, 4) is 0 Å². The molecule has 0 spiro atoms. The van der Waals surface area contributed by atoms with Gasteiger partial charge in [0.05, 0.1) is 0 Å². The molecule has 1 unspecified atom stereocenters. The Morgan fingerprint density at radius 2 is 1.78 bits per heavy atom. The average Bonchev–Trinajstić information content (AvgIpc) is 2.56. The minimum Gasteiger partial charge on any atom is -0.318 e. The standard InChI is InChI=1S/C18H21N3O2/c1-4-12(2)14-9-5-6-10-15(14)20-17(22)18(23)21-16-13(3)8-7-11-19-16/h5-12H,4H2,1-3H3,(H,20,22)(H,19,21,23). The number of para-hydroxylation sites is 1. The summed E-state index contributed by atoms with van der Waals surface area (Å²) in [5.41, 5.74) is 2.48. The third-order valence-electron chi connectivity index (χ3n) is 3.80. The van der Waals surface area contributed by atoms with Crippen molar-refractivity contribution < 1.29 is 9.59 Å². The summed E-state index contributed by atoms with van der Waals surface area (Å²) in [4.78, 5) is 28.3. The van der Waals surface area contributed by atoms with Crippen LogP contribution in [0.4, 0.5) is 11.5 Å². The lowest BCUT2D eigenvalue weighted by Gasteiger charge is -2.15. The van der Waals surface area contributed by atoms with Gasteiger partial charge in [-0.05, 0) is 42.5 Å². The molecular formula is C18H21N3O2. The number of anilines is 2. The first-order valence-electron chi connectivity index (χ1n) is 7.65. The van der Waals surface area contributed by atoms with Crippen molar-refractivity contribution in [3.05, 3.63) is 53.7 Å². The van der Waals surface area contributed by atoms with Crippen LogP contribution in [0.5, 0.6) is 0 Å². The second-order valence-electron chi connectivity index (χ2n) is 5.47. The van der Waals surface area contributed by atoms with Crippen LogP contribution in [-0.2, 0) is 9.59 Å². The molecule has 1 atom stereocenters. The maximum Gasteiger partial charge on any atom is 0.315 e. The van der Waals surface area contributed by atoms with E-state index in [1.54, 1.807) is 18.3 Å². The predicted molar refractivity (Wildman–Crippen MR) is 91.4 cm³/mol. The molecule has 0 aliphatic carbocycles. The minimum atomic E-state index is -0.731. The summed E-state index contributed by atoms with van der Waals surface area (Å²) in [6, 6.07) is 11.1. The van der Waals surface area contributed by atoms with Crippen molar-refractivity contribution in [2.45, 2.75) is 33.1 Å². The topological polar surface area (TPSA) is 71.1 Å². The van der Waals surface area contributed by atoms with Gasteiger partial charge in [-0.15, -0.1) is 0 Å². The number of carbonyl (C=O) groups is 2. The smallest absolute Gasteiger partial charge is 0.315 e. The Balaban J connectivity index is 2.10. The van der Waals surface area contributed by atoms with Gasteiger partial charge in [0.25, 0.3) is 0 Å². The van der Waals surface area contributed by atoms with Crippen molar-refractivity contribution in [3.63, 3.8) is 0 Å². The summed E-state index contributed by atoms with van der Waals surface area (Å²) < 4.78 is 0. The van der Waals surface area contributed by atoms with E-state index in [1.807, 2.05) is 31.2 Å². The molecule has 2 N–H and O–H groups in total. The summed E-state index contributed by atoms with van der Waals surface area (Å²) >= 11 is 0. The predicted octanol–water partition coefficient (Wildman–Crippen LogP) is 3.48. The first-order chi connectivity index (χ1) is 11.0. The second kappa shape index (κ2) is 7.54. The molecule has 0 aliphatic rings. The SMILES string of the molecule is CCC(C)c1ccccc1NC(=O)C(=O)Nc1ncccc1C. The molecule has 1 heterocycles. The summed E-state index contributed by atoms with van der Waals surface area (Å²) in [5, 5.41) is 5.22. The number of amides is 2. The largest absolute Gasteiger partial charge is 0.318 e. The van der Waals surface area contributed by atoms with Crippen LogP contribution >= 0.6 is 0 Å². The lowest BCUT2D eigenvalue weighted by Crippen LogP contribution is -2.30. The van der Waals surface area contributed by atoms with E-state index in [-0.39, 0.29) is 0 Å². The van der Waals surface area contributed by atoms with Gasteiger partial charge >= 0.3 is 11.8 Å². The Bertz CT molecular complexity index is 713. The zero-order valence-electron chi connectivity index (χ0n) is 13.6. The Labute approximate surface area is 136 Å². The number of hydrogen-bond acceptors (Lipinski definition) is 3. The number of rotatable bonds is 4. The molecule has 2 rings (SSSR count). The molecule has 0 saturated heterocycles. The van der Waals surface area contributed by atoms with Crippen LogP contribution in [0.15, 0.2) is 42.6 Å². The van der Waals surface area contributed by atoms with Crippen molar-refractivity contribution >= 4 is 23.3 Å². The number of hydrogen-bond donors (Lipinski definition) is 2. The second-order valence-corrected chi connectivity index (χ2v) is 5.47. The summed E-state index contributed by atoms with van der Waals surface area (Å²) in [6.07, 6.45) is 2.52. The molecule has 1 aromatic heterocycles. The molecular weight excluding hydrogens is 290 g/mol. The fraction of sp³-hybridized carbons (Fsp3) is 0.278. The molecule has 1 aromatic carbocycles. The van der Waals surface area contributed by atoms with Crippen LogP contribution in [0.25, 0.3) is 0 Å². The number of nitrogens with zero attached hydrogens (tertiary/aromatic N) is 1. The number of aryl methyl sites for hydroxylation is 1. The Kier molecular flexibility index (Phi) is 5.46. The van der Waals surface area contributed by atoms with E-state index in [0.717, 1.165) is 17.5 Å². The molecule has 5 heteroatoms. The fourth-order valence-electron chi connectivity index (χ4n) is 2.22. The van der Waals surface area contributed by atoms with E-state index in [2.05, 4.69) is 29.5 Å². The van der Waals surface area contributed by atoms with Gasteiger partial charge in [0.2, 0.25) is 0 Å². The van der Waals surface area contributed by atoms with E-state index in [9.17, 15) is 9.59 Å². The lowest BCUT2D eigenvalue weighted by atomic mass is 9.97. The highest BCUT2D eigenvalue weighted by Crippen LogP contribution is 2.26.